The summed E-state index contributed by atoms with van der Waals surface area (Å²) in [6.07, 6.45) is -3.22. The highest BCUT2D eigenvalue weighted by Crippen LogP contribution is 2.35. The summed E-state index contributed by atoms with van der Waals surface area (Å²) in [6.45, 7) is 0. The van der Waals surface area contributed by atoms with Gasteiger partial charge < -0.3 is 19.4 Å². The number of halogens is 3. The van der Waals surface area contributed by atoms with E-state index in [4.69, 9.17) is 9.47 Å². The average Bonchev–Trinajstić information content (AvgIpc) is 3.40. The Morgan fingerprint density at radius 2 is 1.68 bits per heavy atom. The number of esters is 1. The number of hydrazone groups is 1. The van der Waals surface area contributed by atoms with Crippen LogP contribution >= 0.6 is 0 Å². The highest BCUT2D eigenvalue weighted by molar-refractivity contribution is 6.10. The Morgan fingerprint density at radius 1 is 0.909 bits per heavy atom. The molecule has 0 saturated carbocycles. The number of amides is 1. The number of aromatic amines is 1. The number of hydrogen-bond acceptors (Lipinski definition) is 6. The topological polar surface area (TPSA) is 96.0 Å². The minimum Gasteiger partial charge on any atom is -0.493 e. The molecule has 4 aromatic carbocycles. The maximum atomic E-state index is 13.3. The first-order valence-electron chi connectivity index (χ1n) is 13.3. The van der Waals surface area contributed by atoms with E-state index in [1.54, 1.807) is 6.07 Å². The van der Waals surface area contributed by atoms with Gasteiger partial charge in [-0.25, -0.2) is 10.2 Å². The van der Waals surface area contributed by atoms with Crippen LogP contribution in [0.2, 0.25) is 0 Å². The Kier molecular flexibility index (Phi) is 8.38. The van der Waals surface area contributed by atoms with Crippen molar-refractivity contribution in [1.82, 2.24) is 10.4 Å². The lowest BCUT2D eigenvalue weighted by atomic mass is 10.0. The second-order valence-electron chi connectivity index (χ2n) is 9.94. The molecule has 1 heterocycles. The van der Waals surface area contributed by atoms with Crippen LogP contribution in [0.5, 0.6) is 11.5 Å². The van der Waals surface area contributed by atoms with Gasteiger partial charge in [-0.15, -0.1) is 0 Å². The molecular weight excluding hydrogens is 573 g/mol. The first kappa shape index (κ1) is 29.9. The molecule has 0 fully saturated rings. The molecule has 5 rings (SSSR count). The van der Waals surface area contributed by atoms with Crippen LogP contribution < -0.4 is 19.8 Å². The second-order valence-corrected chi connectivity index (χ2v) is 9.94. The Morgan fingerprint density at radius 3 is 2.39 bits per heavy atom. The Bertz CT molecular complexity index is 1860. The van der Waals surface area contributed by atoms with E-state index in [1.165, 1.54) is 31.5 Å². The van der Waals surface area contributed by atoms with Crippen molar-refractivity contribution in [1.29, 1.82) is 0 Å². The standard InChI is InChI=1S/C33H27F3N4O4/c1-40(2)24-13-14-26-25(18-24)29(21-8-5-4-6-9-21)30(38-26)31(41)39-37-19-20-12-15-27(28(16-20)43-3)44-32(42)22-10-7-11-23(17-22)33(34,35)36/h4-19,38H,1-3H3,(H,39,41). The summed E-state index contributed by atoms with van der Waals surface area (Å²) in [5.74, 6) is -1.30. The van der Waals surface area contributed by atoms with E-state index in [-0.39, 0.29) is 17.1 Å². The molecule has 1 aromatic heterocycles. The summed E-state index contributed by atoms with van der Waals surface area (Å²) in [5.41, 5.74) is 5.54. The summed E-state index contributed by atoms with van der Waals surface area (Å²) in [5, 5.41) is 4.98. The summed E-state index contributed by atoms with van der Waals surface area (Å²) in [7, 11) is 5.24. The van der Waals surface area contributed by atoms with Crippen LogP contribution in [0.15, 0.2) is 96.1 Å². The number of ether oxygens (including phenoxy) is 2. The largest absolute Gasteiger partial charge is 0.493 e. The minimum absolute atomic E-state index is 0.00114. The number of methoxy groups -OCH3 is 1. The fourth-order valence-corrected chi connectivity index (χ4v) is 4.58. The zero-order valence-corrected chi connectivity index (χ0v) is 23.9. The van der Waals surface area contributed by atoms with E-state index in [0.29, 0.717) is 11.3 Å². The van der Waals surface area contributed by atoms with E-state index in [1.807, 2.05) is 67.5 Å². The van der Waals surface area contributed by atoms with Crippen molar-refractivity contribution in [2.45, 2.75) is 6.18 Å². The molecule has 5 aromatic rings. The van der Waals surface area contributed by atoms with Crippen molar-refractivity contribution in [3.63, 3.8) is 0 Å². The number of alkyl halides is 3. The number of nitrogens with one attached hydrogen (secondary N) is 2. The fraction of sp³-hybridized carbons (Fsp3) is 0.121. The number of nitrogens with zero attached hydrogens (tertiary/aromatic N) is 2. The van der Waals surface area contributed by atoms with Gasteiger partial charge in [0.25, 0.3) is 5.91 Å². The van der Waals surface area contributed by atoms with Crippen molar-refractivity contribution in [3.8, 4) is 22.6 Å². The molecule has 0 aliphatic heterocycles. The van der Waals surface area contributed by atoms with Crippen LogP contribution in [0, 0.1) is 0 Å². The van der Waals surface area contributed by atoms with Crippen molar-refractivity contribution in [3.05, 3.63) is 113 Å². The van der Waals surface area contributed by atoms with E-state index < -0.39 is 23.6 Å². The van der Waals surface area contributed by atoms with Gasteiger partial charge in [0.2, 0.25) is 0 Å². The summed E-state index contributed by atoms with van der Waals surface area (Å²) >= 11 is 0. The molecule has 0 unspecified atom stereocenters. The number of aromatic nitrogens is 1. The number of carbonyl (C=O) groups is 2. The highest BCUT2D eigenvalue weighted by Gasteiger charge is 2.31. The van der Waals surface area contributed by atoms with Crippen molar-refractivity contribution in [2.75, 3.05) is 26.1 Å². The third-order valence-electron chi connectivity index (χ3n) is 6.78. The number of benzene rings is 4. The molecule has 44 heavy (non-hydrogen) atoms. The van der Waals surface area contributed by atoms with Crippen LogP contribution in [0.3, 0.4) is 0 Å². The summed E-state index contributed by atoms with van der Waals surface area (Å²) in [6, 6.07) is 23.9. The summed E-state index contributed by atoms with van der Waals surface area (Å²) in [4.78, 5) is 31.1. The van der Waals surface area contributed by atoms with Gasteiger partial charge in [0, 0.05) is 36.2 Å². The predicted octanol–water partition coefficient (Wildman–Crippen LogP) is 6.91. The SMILES string of the molecule is COc1cc(C=NNC(=O)c2[nH]c3ccc(N(C)C)cc3c2-c2ccccc2)ccc1OC(=O)c1cccc(C(F)(F)F)c1. The van der Waals surface area contributed by atoms with Gasteiger partial charge in [-0.3, -0.25) is 4.79 Å². The first-order valence-corrected chi connectivity index (χ1v) is 13.3. The smallest absolute Gasteiger partial charge is 0.416 e. The number of hydrogen-bond donors (Lipinski definition) is 2. The fourth-order valence-electron chi connectivity index (χ4n) is 4.58. The zero-order chi connectivity index (χ0) is 31.4. The third kappa shape index (κ3) is 6.41. The van der Waals surface area contributed by atoms with Crippen LogP contribution in [0.1, 0.15) is 32.0 Å². The molecule has 0 aliphatic rings. The van der Waals surface area contributed by atoms with E-state index in [0.717, 1.165) is 45.9 Å². The molecule has 224 valence electrons. The maximum absolute atomic E-state index is 13.3. The molecule has 0 bridgehead atoms. The predicted molar refractivity (Wildman–Crippen MR) is 163 cm³/mol. The molecule has 2 N–H and O–H groups in total. The van der Waals surface area contributed by atoms with Crippen molar-refractivity contribution < 1.29 is 32.2 Å². The normalized spacial score (nSPS) is 11.5. The summed E-state index contributed by atoms with van der Waals surface area (Å²) < 4.78 is 49.7. The first-order chi connectivity index (χ1) is 21.0. The number of anilines is 1. The molecule has 0 atom stereocenters. The lowest BCUT2D eigenvalue weighted by molar-refractivity contribution is -0.137. The number of fused-ring (bicyclic) bond motifs is 1. The van der Waals surface area contributed by atoms with E-state index in [9.17, 15) is 22.8 Å². The zero-order valence-electron chi connectivity index (χ0n) is 23.9. The monoisotopic (exact) mass is 600 g/mol. The van der Waals surface area contributed by atoms with Crippen LogP contribution in [-0.4, -0.2) is 44.3 Å². The van der Waals surface area contributed by atoms with Gasteiger partial charge in [-0.2, -0.15) is 18.3 Å². The van der Waals surface area contributed by atoms with Gasteiger partial charge >= 0.3 is 12.1 Å². The van der Waals surface area contributed by atoms with Crippen LogP contribution in [0.25, 0.3) is 22.0 Å². The molecule has 8 nitrogen and oxygen atoms in total. The number of H-pyrrole nitrogens is 1. The Labute approximate surface area is 250 Å². The molecular formula is C33H27F3N4O4. The van der Waals surface area contributed by atoms with Crippen LogP contribution in [-0.2, 0) is 6.18 Å². The molecule has 0 saturated heterocycles. The van der Waals surface area contributed by atoms with Crippen molar-refractivity contribution in [2.24, 2.45) is 5.10 Å². The van der Waals surface area contributed by atoms with E-state index >= 15 is 0 Å². The Balaban J connectivity index is 1.35. The van der Waals surface area contributed by atoms with Gasteiger partial charge in [0.15, 0.2) is 11.5 Å². The number of carbonyl (C=O) groups excluding carboxylic acids is 2. The quantitative estimate of drug-likeness (QED) is 0.0874. The lowest BCUT2D eigenvalue weighted by Gasteiger charge is -2.12. The van der Waals surface area contributed by atoms with E-state index in [2.05, 4.69) is 15.5 Å². The third-order valence-corrected chi connectivity index (χ3v) is 6.78. The molecule has 1 amide bonds. The molecule has 11 heteroatoms. The molecule has 0 spiro atoms. The van der Waals surface area contributed by atoms with Crippen molar-refractivity contribution >= 4 is 34.7 Å². The minimum atomic E-state index is -4.60. The van der Waals surface area contributed by atoms with Crippen LogP contribution in [0.4, 0.5) is 18.9 Å². The number of rotatable bonds is 8. The van der Waals surface area contributed by atoms with Gasteiger partial charge in [0.05, 0.1) is 24.5 Å². The highest BCUT2D eigenvalue weighted by atomic mass is 19.4. The van der Waals surface area contributed by atoms with Gasteiger partial charge in [-0.05, 0) is 65.7 Å². The lowest BCUT2D eigenvalue weighted by Crippen LogP contribution is -2.18. The van der Waals surface area contributed by atoms with Gasteiger partial charge in [-0.1, -0.05) is 36.4 Å². The molecule has 0 aliphatic carbocycles. The van der Waals surface area contributed by atoms with Gasteiger partial charge in [0.1, 0.15) is 5.69 Å². The maximum Gasteiger partial charge on any atom is 0.416 e. The Hall–Kier alpha value is -5.58. The molecule has 0 radical (unpaired) electrons. The average molecular weight is 601 g/mol. The second kappa shape index (κ2) is 12.3.